The van der Waals surface area contributed by atoms with Gasteiger partial charge in [0, 0.05) is 36.9 Å². The van der Waals surface area contributed by atoms with Gasteiger partial charge in [-0.15, -0.1) is 0 Å². The molecule has 26 heavy (non-hydrogen) atoms. The van der Waals surface area contributed by atoms with E-state index in [0.717, 1.165) is 19.4 Å². The Kier molecular flexibility index (Phi) is 8.93. The first-order valence-corrected chi connectivity index (χ1v) is 10.5. The van der Waals surface area contributed by atoms with Crippen LogP contribution in [0.4, 0.5) is 0 Å². The first-order chi connectivity index (χ1) is 12.0. The Morgan fingerprint density at radius 1 is 1.27 bits per heavy atom. The minimum absolute atomic E-state index is 0.172. The van der Waals surface area contributed by atoms with E-state index in [9.17, 15) is 19.5 Å². The van der Waals surface area contributed by atoms with Crippen LogP contribution in [-0.4, -0.2) is 57.9 Å². The highest BCUT2D eigenvalue weighted by Crippen LogP contribution is 2.23. The van der Waals surface area contributed by atoms with Crippen LogP contribution < -0.4 is 5.32 Å². The molecule has 0 radical (unpaired) electrons. The molecule has 6 nitrogen and oxygen atoms in total. The number of aliphatic carboxylic acids is 1. The van der Waals surface area contributed by atoms with Crippen LogP contribution in [0.3, 0.4) is 0 Å². The van der Waals surface area contributed by atoms with Crippen LogP contribution in [0.2, 0.25) is 0 Å². The summed E-state index contributed by atoms with van der Waals surface area (Å²) in [6.45, 7) is 10.7. The van der Waals surface area contributed by atoms with Gasteiger partial charge in [0.1, 0.15) is 6.04 Å². The number of nitrogens with zero attached hydrogens (tertiary/aromatic N) is 1. The topological polar surface area (TPSA) is 86.7 Å². The van der Waals surface area contributed by atoms with Crippen molar-refractivity contribution in [1.29, 1.82) is 0 Å². The maximum Gasteiger partial charge on any atom is 0.327 e. The lowest BCUT2D eigenvalue weighted by molar-refractivity contribution is -0.141. The third kappa shape index (κ3) is 8.43. The van der Waals surface area contributed by atoms with Crippen molar-refractivity contribution in [2.75, 3.05) is 18.1 Å². The van der Waals surface area contributed by atoms with E-state index < -0.39 is 12.0 Å². The second-order valence-corrected chi connectivity index (χ2v) is 9.79. The lowest BCUT2D eigenvalue weighted by Gasteiger charge is -2.26. The van der Waals surface area contributed by atoms with Gasteiger partial charge in [-0.3, -0.25) is 9.59 Å². The molecule has 0 bridgehead atoms. The SMILES string of the molecule is CC(C)CC(=O)N1CCC[C@H]1CSC[C@H](NC(=O)CC(C)(C)C)C(=O)O. The Labute approximate surface area is 161 Å². The first-order valence-electron chi connectivity index (χ1n) is 9.39. The minimum atomic E-state index is -1.01. The summed E-state index contributed by atoms with van der Waals surface area (Å²) in [5, 5.41) is 12.0. The number of hydrogen-bond donors (Lipinski definition) is 2. The molecule has 150 valence electrons. The van der Waals surface area contributed by atoms with Crippen molar-refractivity contribution in [3.63, 3.8) is 0 Å². The lowest BCUT2D eigenvalue weighted by Crippen LogP contribution is -2.44. The summed E-state index contributed by atoms with van der Waals surface area (Å²) in [5.74, 6) is 0.303. The van der Waals surface area contributed by atoms with E-state index in [-0.39, 0.29) is 23.3 Å². The van der Waals surface area contributed by atoms with E-state index >= 15 is 0 Å². The quantitative estimate of drug-likeness (QED) is 0.636. The van der Waals surface area contributed by atoms with Gasteiger partial charge in [0.2, 0.25) is 11.8 Å². The fourth-order valence-corrected chi connectivity index (χ4v) is 4.24. The molecule has 1 fully saturated rings. The van der Waals surface area contributed by atoms with E-state index in [1.165, 1.54) is 11.8 Å². The fourth-order valence-electron chi connectivity index (χ4n) is 3.03. The predicted molar refractivity (Wildman–Crippen MR) is 105 cm³/mol. The van der Waals surface area contributed by atoms with Crippen LogP contribution in [0.1, 0.15) is 60.3 Å². The molecular formula is C19H34N2O4S. The fraction of sp³-hybridized carbons (Fsp3) is 0.842. The molecule has 1 aliphatic heterocycles. The van der Waals surface area contributed by atoms with Crippen LogP contribution in [0.5, 0.6) is 0 Å². The third-order valence-electron chi connectivity index (χ3n) is 4.20. The third-order valence-corrected chi connectivity index (χ3v) is 5.39. The second kappa shape index (κ2) is 10.2. The molecule has 1 aliphatic rings. The summed E-state index contributed by atoms with van der Waals surface area (Å²) in [4.78, 5) is 37.7. The molecule has 0 saturated carbocycles. The molecule has 0 aliphatic carbocycles. The Morgan fingerprint density at radius 2 is 1.92 bits per heavy atom. The van der Waals surface area contributed by atoms with Crippen LogP contribution in [0.25, 0.3) is 0 Å². The van der Waals surface area contributed by atoms with Crippen molar-refractivity contribution in [3.05, 3.63) is 0 Å². The van der Waals surface area contributed by atoms with Gasteiger partial charge in [-0.2, -0.15) is 11.8 Å². The monoisotopic (exact) mass is 386 g/mol. The van der Waals surface area contributed by atoms with Gasteiger partial charge in [-0.25, -0.2) is 4.79 Å². The molecule has 0 unspecified atom stereocenters. The van der Waals surface area contributed by atoms with E-state index in [1.54, 1.807) is 0 Å². The van der Waals surface area contributed by atoms with Crippen molar-refractivity contribution in [2.45, 2.75) is 72.4 Å². The van der Waals surface area contributed by atoms with Gasteiger partial charge in [-0.05, 0) is 24.2 Å². The van der Waals surface area contributed by atoms with Crippen molar-refractivity contribution in [3.8, 4) is 0 Å². The summed E-state index contributed by atoms with van der Waals surface area (Å²) >= 11 is 1.50. The smallest absolute Gasteiger partial charge is 0.327 e. The summed E-state index contributed by atoms with van der Waals surface area (Å²) < 4.78 is 0. The molecule has 1 rings (SSSR count). The zero-order valence-corrected chi connectivity index (χ0v) is 17.5. The number of amides is 2. The van der Waals surface area contributed by atoms with Gasteiger partial charge in [-0.1, -0.05) is 34.6 Å². The molecule has 0 aromatic rings. The van der Waals surface area contributed by atoms with Crippen molar-refractivity contribution in [2.24, 2.45) is 11.3 Å². The van der Waals surface area contributed by atoms with Gasteiger partial charge in [0.05, 0.1) is 0 Å². The van der Waals surface area contributed by atoms with Gasteiger partial charge < -0.3 is 15.3 Å². The number of carbonyl (C=O) groups is 3. The number of thioether (sulfide) groups is 1. The van der Waals surface area contributed by atoms with Crippen LogP contribution in [0, 0.1) is 11.3 Å². The maximum atomic E-state index is 12.3. The average Bonchev–Trinajstić information content (AvgIpc) is 2.91. The molecule has 2 N–H and O–H groups in total. The highest BCUT2D eigenvalue weighted by molar-refractivity contribution is 7.99. The van der Waals surface area contributed by atoms with Gasteiger partial charge >= 0.3 is 5.97 Å². The molecule has 0 aromatic carbocycles. The summed E-state index contributed by atoms with van der Waals surface area (Å²) in [5.41, 5.74) is -0.179. The van der Waals surface area contributed by atoms with Crippen molar-refractivity contribution < 1.29 is 19.5 Å². The predicted octanol–water partition coefficient (Wildman–Crippen LogP) is 2.76. The number of rotatable bonds is 9. The average molecular weight is 387 g/mol. The van der Waals surface area contributed by atoms with E-state index in [2.05, 4.69) is 5.32 Å². The highest BCUT2D eigenvalue weighted by atomic mass is 32.2. The molecule has 1 saturated heterocycles. The van der Waals surface area contributed by atoms with Crippen LogP contribution in [-0.2, 0) is 14.4 Å². The lowest BCUT2D eigenvalue weighted by atomic mass is 9.92. The second-order valence-electron chi connectivity index (χ2n) is 8.71. The summed E-state index contributed by atoms with van der Waals surface area (Å²) in [6, 6.07) is -0.720. The van der Waals surface area contributed by atoms with Gasteiger partial charge in [0.15, 0.2) is 0 Å². The summed E-state index contributed by atoms with van der Waals surface area (Å²) in [6.07, 6.45) is 2.81. The van der Waals surface area contributed by atoms with Crippen LogP contribution >= 0.6 is 11.8 Å². The number of likely N-dealkylation sites (tertiary alicyclic amines) is 1. The number of carbonyl (C=O) groups excluding carboxylic acids is 2. The van der Waals surface area contributed by atoms with E-state index in [0.29, 0.717) is 30.3 Å². The number of carboxylic acid groups (broad SMARTS) is 1. The Hall–Kier alpha value is -1.24. The molecular weight excluding hydrogens is 352 g/mol. The van der Waals surface area contributed by atoms with Crippen molar-refractivity contribution >= 4 is 29.5 Å². The zero-order valence-electron chi connectivity index (χ0n) is 16.7. The van der Waals surface area contributed by atoms with Crippen LogP contribution in [0.15, 0.2) is 0 Å². The highest BCUT2D eigenvalue weighted by Gasteiger charge is 2.29. The number of carboxylic acids is 1. The van der Waals surface area contributed by atoms with E-state index in [1.807, 2.05) is 39.5 Å². The molecule has 2 amide bonds. The normalized spacial score (nSPS) is 18.8. The number of nitrogens with one attached hydrogen (secondary N) is 1. The largest absolute Gasteiger partial charge is 0.480 e. The Balaban J connectivity index is 2.48. The molecule has 0 spiro atoms. The molecule has 0 aromatic heterocycles. The summed E-state index contributed by atoms with van der Waals surface area (Å²) in [7, 11) is 0. The maximum absolute atomic E-state index is 12.3. The Bertz CT molecular complexity index is 502. The van der Waals surface area contributed by atoms with E-state index in [4.69, 9.17) is 0 Å². The zero-order chi connectivity index (χ0) is 19.9. The minimum Gasteiger partial charge on any atom is -0.480 e. The molecule has 7 heteroatoms. The first kappa shape index (κ1) is 22.8. The Morgan fingerprint density at radius 3 is 2.46 bits per heavy atom. The van der Waals surface area contributed by atoms with Crippen molar-refractivity contribution in [1.82, 2.24) is 10.2 Å². The van der Waals surface area contributed by atoms with Gasteiger partial charge in [0.25, 0.3) is 0 Å². The molecule has 2 atom stereocenters. The number of hydrogen-bond acceptors (Lipinski definition) is 4. The standard InChI is InChI=1S/C19H34N2O4S/c1-13(2)9-17(23)21-8-6-7-14(21)11-26-12-15(18(24)25)20-16(22)10-19(3,4)5/h13-15H,6-12H2,1-5H3,(H,20,22)(H,24,25)/t14-,15-/m0/s1. The molecule has 1 heterocycles.